The molecule has 5 heteroatoms. The van der Waals surface area contributed by atoms with Gasteiger partial charge in [0.05, 0.1) is 6.54 Å². The summed E-state index contributed by atoms with van der Waals surface area (Å²) >= 11 is 1.75. The standard InChI is InChI=1S/C12H16N4S/c1-13-6-10-7-14-12(15-8-10)16(2)9-11-4-3-5-17-11/h3-5,7-8,13H,6,9H2,1-2H3. The summed E-state index contributed by atoms with van der Waals surface area (Å²) < 4.78 is 0. The first kappa shape index (κ1) is 12.0. The molecule has 0 bridgehead atoms. The molecule has 17 heavy (non-hydrogen) atoms. The highest BCUT2D eigenvalue weighted by Crippen LogP contribution is 2.14. The molecular weight excluding hydrogens is 232 g/mol. The van der Waals surface area contributed by atoms with Crippen LogP contribution in [0.4, 0.5) is 5.95 Å². The van der Waals surface area contributed by atoms with E-state index in [9.17, 15) is 0 Å². The van der Waals surface area contributed by atoms with Gasteiger partial charge in [0.25, 0.3) is 0 Å². The van der Waals surface area contributed by atoms with Crippen LogP contribution in [0.15, 0.2) is 29.9 Å². The zero-order valence-electron chi connectivity index (χ0n) is 10.1. The fourth-order valence-corrected chi connectivity index (χ4v) is 2.30. The van der Waals surface area contributed by atoms with E-state index >= 15 is 0 Å². The molecule has 0 saturated heterocycles. The van der Waals surface area contributed by atoms with E-state index in [1.54, 1.807) is 11.3 Å². The predicted octanol–water partition coefficient (Wildman–Crippen LogP) is 1.89. The molecule has 90 valence electrons. The Balaban J connectivity index is 2.01. The highest BCUT2D eigenvalue weighted by Gasteiger charge is 2.05. The molecular formula is C12H16N4S. The second-order valence-electron chi connectivity index (χ2n) is 3.86. The number of rotatable bonds is 5. The molecule has 0 aliphatic rings. The number of nitrogens with zero attached hydrogens (tertiary/aromatic N) is 3. The normalized spacial score (nSPS) is 10.5. The smallest absolute Gasteiger partial charge is 0.225 e. The van der Waals surface area contributed by atoms with E-state index in [2.05, 4.69) is 37.7 Å². The van der Waals surface area contributed by atoms with Crippen LogP contribution < -0.4 is 10.2 Å². The molecule has 0 fully saturated rings. The summed E-state index contributed by atoms with van der Waals surface area (Å²) in [6.07, 6.45) is 3.73. The second-order valence-corrected chi connectivity index (χ2v) is 4.89. The molecule has 1 N–H and O–H groups in total. The molecule has 0 atom stereocenters. The Labute approximate surface area is 105 Å². The third-order valence-corrected chi connectivity index (χ3v) is 3.25. The largest absolute Gasteiger partial charge is 0.339 e. The molecule has 0 saturated carbocycles. The third kappa shape index (κ3) is 3.25. The van der Waals surface area contributed by atoms with Crippen LogP contribution in [0.5, 0.6) is 0 Å². The van der Waals surface area contributed by atoms with Gasteiger partial charge in [0.2, 0.25) is 5.95 Å². The van der Waals surface area contributed by atoms with Gasteiger partial charge >= 0.3 is 0 Å². The number of hydrogen-bond acceptors (Lipinski definition) is 5. The van der Waals surface area contributed by atoms with Crippen LogP contribution in [-0.2, 0) is 13.1 Å². The van der Waals surface area contributed by atoms with Gasteiger partial charge in [-0.05, 0) is 18.5 Å². The molecule has 0 aliphatic carbocycles. The number of nitrogens with one attached hydrogen (secondary N) is 1. The summed E-state index contributed by atoms with van der Waals surface area (Å²) in [6.45, 7) is 1.65. The minimum Gasteiger partial charge on any atom is -0.339 e. The third-order valence-electron chi connectivity index (χ3n) is 2.39. The second kappa shape index (κ2) is 5.75. The first-order valence-corrected chi connectivity index (χ1v) is 6.36. The molecule has 0 spiro atoms. The molecule has 0 unspecified atom stereocenters. The van der Waals surface area contributed by atoms with Crippen molar-refractivity contribution >= 4 is 17.3 Å². The van der Waals surface area contributed by atoms with Crippen LogP contribution in [0.3, 0.4) is 0 Å². The molecule has 2 aromatic heterocycles. The number of thiophene rings is 1. The molecule has 2 aromatic rings. The van der Waals surface area contributed by atoms with Gasteiger partial charge in [0, 0.05) is 36.4 Å². The summed E-state index contributed by atoms with van der Waals surface area (Å²) in [5, 5.41) is 5.16. The predicted molar refractivity (Wildman–Crippen MR) is 71.2 cm³/mol. The zero-order valence-corrected chi connectivity index (χ0v) is 10.9. The van der Waals surface area contributed by atoms with Gasteiger partial charge in [-0.15, -0.1) is 11.3 Å². The van der Waals surface area contributed by atoms with Gasteiger partial charge < -0.3 is 10.2 Å². The topological polar surface area (TPSA) is 41.1 Å². The van der Waals surface area contributed by atoms with Crippen molar-refractivity contribution in [3.05, 3.63) is 40.3 Å². The Morgan fingerprint density at radius 1 is 1.35 bits per heavy atom. The lowest BCUT2D eigenvalue weighted by atomic mass is 10.3. The molecule has 2 heterocycles. The Hall–Kier alpha value is -1.46. The number of hydrogen-bond donors (Lipinski definition) is 1. The van der Waals surface area contributed by atoms with Crippen LogP contribution >= 0.6 is 11.3 Å². The quantitative estimate of drug-likeness (QED) is 0.877. The summed E-state index contributed by atoms with van der Waals surface area (Å²) in [4.78, 5) is 12.1. The summed E-state index contributed by atoms with van der Waals surface area (Å²) in [6, 6.07) is 4.18. The lowest BCUT2D eigenvalue weighted by Crippen LogP contribution is -2.18. The highest BCUT2D eigenvalue weighted by molar-refractivity contribution is 7.09. The first-order valence-electron chi connectivity index (χ1n) is 5.48. The van der Waals surface area contributed by atoms with Crippen LogP contribution in [0.1, 0.15) is 10.4 Å². The van der Waals surface area contributed by atoms with Gasteiger partial charge in [-0.1, -0.05) is 6.07 Å². The molecule has 0 radical (unpaired) electrons. The molecule has 0 amide bonds. The van der Waals surface area contributed by atoms with Gasteiger partial charge in [-0.2, -0.15) is 0 Å². The van der Waals surface area contributed by atoms with Crippen molar-refractivity contribution in [2.24, 2.45) is 0 Å². The van der Waals surface area contributed by atoms with E-state index in [4.69, 9.17) is 0 Å². The average molecular weight is 248 g/mol. The highest BCUT2D eigenvalue weighted by atomic mass is 32.1. The summed E-state index contributed by atoms with van der Waals surface area (Å²) in [5.41, 5.74) is 1.10. The number of aromatic nitrogens is 2. The zero-order chi connectivity index (χ0) is 12.1. The fraction of sp³-hybridized carbons (Fsp3) is 0.333. The van der Waals surface area contributed by atoms with E-state index < -0.39 is 0 Å². The van der Waals surface area contributed by atoms with E-state index in [0.717, 1.165) is 24.6 Å². The monoisotopic (exact) mass is 248 g/mol. The van der Waals surface area contributed by atoms with Crippen molar-refractivity contribution in [1.82, 2.24) is 15.3 Å². The molecule has 4 nitrogen and oxygen atoms in total. The van der Waals surface area contributed by atoms with Gasteiger partial charge in [0.15, 0.2) is 0 Å². The van der Waals surface area contributed by atoms with Gasteiger partial charge in [0.1, 0.15) is 0 Å². The first-order chi connectivity index (χ1) is 8.29. The molecule has 0 aliphatic heterocycles. The van der Waals surface area contributed by atoms with E-state index in [1.165, 1.54) is 4.88 Å². The van der Waals surface area contributed by atoms with Crippen LogP contribution in [0.25, 0.3) is 0 Å². The maximum absolute atomic E-state index is 4.36. The van der Waals surface area contributed by atoms with E-state index in [1.807, 2.05) is 26.5 Å². The summed E-state index contributed by atoms with van der Waals surface area (Å²) in [7, 11) is 3.92. The lowest BCUT2D eigenvalue weighted by Gasteiger charge is -2.15. The Morgan fingerprint density at radius 2 is 2.12 bits per heavy atom. The van der Waals surface area contributed by atoms with Crippen molar-refractivity contribution in [2.45, 2.75) is 13.1 Å². The minimum absolute atomic E-state index is 0.762. The van der Waals surface area contributed by atoms with Crippen molar-refractivity contribution in [3.63, 3.8) is 0 Å². The Kier molecular flexibility index (Phi) is 4.06. The lowest BCUT2D eigenvalue weighted by molar-refractivity contribution is 0.798. The maximum Gasteiger partial charge on any atom is 0.225 e. The van der Waals surface area contributed by atoms with Crippen molar-refractivity contribution in [3.8, 4) is 0 Å². The molecule has 0 aromatic carbocycles. The number of anilines is 1. The van der Waals surface area contributed by atoms with Crippen molar-refractivity contribution in [1.29, 1.82) is 0 Å². The van der Waals surface area contributed by atoms with E-state index in [0.29, 0.717) is 0 Å². The van der Waals surface area contributed by atoms with Crippen molar-refractivity contribution < 1.29 is 0 Å². The SMILES string of the molecule is CNCc1cnc(N(C)Cc2cccs2)nc1. The summed E-state index contributed by atoms with van der Waals surface area (Å²) in [5.74, 6) is 0.762. The van der Waals surface area contributed by atoms with Crippen LogP contribution in [-0.4, -0.2) is 24.1 Å². The van der Waals surface area contributed by atoms with E-state index in [-0.39, 0.29) is 0 Å². The van der Waals surface area contributed by atoms with Gasteiger partial charge in [-0.3, -0.25) is 0 Å². The Morgan fingerprint density at radius 3 is 2.71 bits per heavy atom. The van der Waals surface area contributed by atoms with Gasteiger partial charge in [-0.25, -0.2) is 9.97 Å². The fourth-order valence-electron chi connectivity index (χ4n) is 1.55. The Bertz CT molecular complexity index is 438. The molecule has 2 rings (SSSR count). The van der Waals surface area contributed by atoms with Crippen LogP contribution in [0, 0.1) is 0 Å². The minimum atomic E-state index is 0.762. The van der Waals surface area contributed by atoms with Crippen LogP contribution in [0.2, 0.25) is 0 Å². The average Bonchev–Trinajstić information content (AvgIpc) is 2.83. The maximum atomic E-state index is 4.36. The van der Waals surface area contributed by atoms with Crippen molar-refractivity contribution in [2.75, 3.05) is 19.0 Å².